The smallest absolute Gasteiger partial charge is 0.425 e. The third kappa shape index (κ3) is 7.32. The number of carbonyl (C=O) groups excluding carboxylic acids is 3. The van der Waals surface area contributed by atoms with Crippen LogP contribution in [0.25, 0.3) is 0 Å². The van der Waals surface area contributed by atoms with Crippen LogP contribution in [0.2, 0.25) is 0 Å². The number of hydrogen-bond donors (Lipinski definition) is 2. The molecule has 2 aliphatic rings. The fraction of sp³-hybridized carbons (Fsp3) is 0.696. The van der Waals surface area contributed by atoms with E-state index in [1.165, 1.54) is 6.08 Å². The largest absolute Gasteiger partial charge is 0.486 e. The highest BCUT2D eigenvalue weighted by atomic mass is 35.5. The number of hydrazine groups is 1. The Hall–Kier alpha value is -2.40. The SMILES string of the molecule is CCOC(=O)C1=CC(OC(C)C2C(Cl)C(F)C2Cl)=C(N(C(=O)OC(C)(C)C)C(=O)OC(C)(C)C)NN1. The van der Waals surface area contributed by atoms with Gasteiger partial charge in [0.2, 0.25) is 0 Å². The van der Waals surface area contributed by atoms with Crippen LogP contribution in [-0.4, -0.2) is 63.9 Å². The van der Waals surface area contributed by atoms with Crippen molar-refractivity contribution in [2.75, 3.05) is 6.61 Å². The van der Waals surface area contributed by atoms with Gasteiger partial charge in [0.05, 0.1) is 17.4 Å². The van der Waals surface area contributed by atoms with E-state index in [9.17, 15) is 18.8 Å². The van der Waals surface area contributed by atoms with E-state index in [4.69, 9.17) is 42.1 Å². The molecule has 0 saturated heterocycles. The standard InChI is InChI=1S/C23H34Cl2FN3O7/c1-9-33-19(30)12-10-13(34-11(2)14-15(24)17(26)16(14)25)18(28-27-12)29(20(31)35-22(3,4)5)21(32)36-23(6,7)8/h10-11,14-17,27-28H,9H2,1-8H3. The predicted octanol–water partition coefficient (Wildman–Crippen LogP) is 4.47. The van der Waals surface area contributed by atoms with Crippen LogP contribution >= 0.6 is 23.2 Å². The van der Waals surface area contributed by atoms with Gasteiger partial charge in [-0.05, 0) is 55.4 Å². The van der Waals surface area contributed by atoms with Crippen LogP contribution in [0.4, 0.5) is 14.0 Å². The van der Waals surface area contributed by atoms with Crippen LogP contribution in [0.5, 0.6) is 0 Å². The Labute approximate surface area is 220 Å². The Bertz CT molecular complexity index is 892. The molecule has 1 saturated carbocycles. The highest BCUT2D eigenvalue weighted by Crippen LogP contribution is 2.43. The fourth-order valence-electron chi connectivity index (χ4n) is 3.30. The molecule has 2 rings (SSSR count). The number of hydrogen-bond acceptors (Lipinski definition) is 9. The van der Waals surface area contributed by atoms with E-state index in [1.807, 2.05) is 0 Å². The van der Waals surface area contributed by atoms with E-state index < -0.39 is 58.3 Å². The maximum Gasteiger partial charge on any atom is 0.425 e. The molecule has 1 aliphatic carbocycles. The molecule has 0 radical (unpaired) electrons. The number of imide groups is 1. The van der Waals surface area contributed by atoms with E-state index in [-0.39, 0.29) is 23.9 Å². The summed E-state index contributed by atoms with van der Waals surface area (Å²) in [6.07, 6.45) is -3.10. The van der Waals surface area contributed by atoms with Gasteiger partial charge in [-0.1, -0.05) is 0 Å². The number of nitrogens with one attached hydrogen (secondary N) is 2. The molecule has 10 nitrogen and oxygen atoms in total. The molecule has 13 heteroatoms. The van der Waals surface area contributed by atoms with Crippen molar-refractivity contribution in [2.45, 2.75) is 89.6 Å². The van der Waals surface area contributed by atoms with E-state index >= 15 is 0 Å². The summed E-state index contributed by atoms with van der Waals surface area (Å²) in [5.41, 5.74) is 3.22. The molecule has 1 fully saturated rings. The van der Waals surface area contributed by atoms with Crippen LogP contribution in [0.15, 0.2) is 23.4 Å². The summed E-state index contributed by atoms with van der Waals surface area (Å²) in [6, 6.07) is 0. The molecular formula is C23H34Cl2FN3O7. The molecule has 2 amide bonds. The highest BCUT2D eigenvalue weighted by Gasteiger charge is 2.53. The first-order valence-corrected chi connectivity index (χ1v) is 12.3. The van der Waals surface area contributed by atoms with Crippen molar-refractivity contribution in [1.29, 1.82) is 0 Å². The minimum Gasteiger partial charge on any atom is -0.486 e. The van der Waals surface area contributed by atoms with Gasteiger partial charge in [0, 0.05) is 12.0 Å². The van der Waals surface area contributed by atoms with Gasteiger partial charge in [0.15, 0.2) is 11.6 Å². The van der Waals surface area contributed by atoms with Crippen LogP contribution in [0, 0.1) is 5.92 Å². The highest BCUT2D eigenvalue weighted by molar-refractivity contribution is 6.28. The summed E-state index contributed by atoms with van der Waals surface area (Å²) in [5, 5.41) is -1.80. The number of nitrogens with zero attached hydrogens (tertiary/aromatic N) is 1. The number of rotatable bonds is 6. The van der Waals surface area contributed by atoms with Crippen molar-refractivity contribution >= 4 is 41.4 Å². The van der Waals surface area contributed by atoms with Crippen molar-refractivity contribution in [3.05, 3.63) is 23.4 Å². The minimum absolute atomic E-state index is 0.0713. The molecule has 3 unspecified atom stereocenters. The van der Waals surface area contributed by atoms with Crippen molar-refractivity contribution in [3.63, 3.8) is 0 Å². The predicted molar refractivity (Wildman–Crippen MR) is 131 cm³/mol. The lowest BCUT2D eigenvalue weighted by Crippen LogP contribution is -2.57. The zero-order valence-electron chi connectivity index (χ0n) is 21.6. The number of carbonyl (C=O) groups is 3. The molecule has 3 atom stereocenters. The van der Waals surface area contributed by atoms with Crippen LogP contribution < -0.4 is 10.9 Å². The molecule has 36 heavy (non-hydrogen) atoms. The van der Waals surface area contributed by atoms with Crippen molar-refractivity contribution < 1.29 is 37.7 Å². The second kappa shape index (κ2) is 11.3. The number of ether oxygens (including phenoxy) is 4. The van der Waals surface area contributed by atoms with Gasteiger partial charge in [0.1, 0.15) is 29.2 Å². The van der Waals surface area contributed by atoms with Gasteiger partial charge >= 0.3 is 18.2 Å². The molecule has 1 aliphatic heterocycles. The summed E-state index contributed by atoms with van der Waals surface area (Å²) >= 11 is 12.2. The zero-order valence-corrected chi connectivity index (χ0v) is 23.1. The first kappa shape index (κ1) is 29.8. The lowest BCUT2D eigenvalue weighted by molar-refractivity contribution is -0.139. The second-order valence-corrected chi connectivity index (χ2v) is 11.3. The Kier molecular flexibility index (Phi) is 9.39. The zero-order chi connectivity index (χ0) is 27.6. The second-order valence-electron chi connectivity index (χ2n) is 10.3. The Morgan fingerprint density at radius 1 is 1.03 bits per heavy atom. The lowest BCUT2D eigenvalue weighted by Gasteiger charge is -2.44. The number of esters is 1. The molecule has 0 aromatic rings. The molecule has 0 spiro atoms. The van der Waals surface area contributed by atoms with E-state index in [0.717, 1.165) is 0 Å². The van der Waals surface area contributed by atoms with Gasteiger partial charge in [-0.25, -0.2) is 18.8 Å². The van der Waals surface area contributed by atoms with E-state index in [2.05, 4.69) is 10.9 Å². The molecular weight excluding hydrogens is 520 g/mol. The fourth-order valence-corrected chi connectivity index (χ4v) is 4.48. The quantitative estimate of drug-likeness (QED) is 0.279. The molecule has 1 heterocycles. The summed E-state index contributed by atoms with van der Waals surface area (Å²) in [7, 11) is 0. The van der Waals surface area contributed by atoms with Gasteiger partial charge in [0.25, 0.3) is 0 Å². The van der Waals surface area contributed by atoms with Crippen LogP contribution in [-0.2, 0) is 23.7 Å². The Morgan fingerprint density at radius 3 is 1.97 bits per heavy atom. The number of allylic oxidation sites excluding steroid dienone is 1. The van der Waals surface area contributed by atoms with E-state index in [1.54, 1.807) is 55.4 Å². The van der Waals surface area contributed by atoms with Gasteiger partial charge in [-0.3, -0.25) is 10.9 Å². The molecule has 0 bridgehead atoms. The average Bonchev–Trinajstić information content (AvgIpc) is 2.72. The normalized spacial score (nSPS) is 24.8. The first-order chi connectivity index (χ1) is 16.5. The van der Waals surface area contributed by atoms with Gasteiger partial charge < -0.3 is 18.9 Å². The first-order valence-electron chi connectivity index (χ1n) is 11.5. The van der Waals surface area contributed by atoms with E-state index in [0.29, 0.717) is 4.90 Å². The summed E-state index contributed by atoms with van der Waals surface area (Å²) < 4.78 is 35.7. The summed E-state index contributed by atoms with van der Waals surface area (Å²) in [4.78, 5) is 39.2. The topological polar surface area (TPSA) is 115 Å². The molecule has 204 valence electrons. The Morgan fingerprint density at radius 2 is 1.53 bits per heavy atom. The summed E-state index contributed by atoms with van der Waals surface area (Å²) in [5.74, 6) is -1.68. The molecule has 0 aromatic heterocycles. The number of amides is 2. The average molecular weight is 554 g/mol. The van der Waals surface area contributed by atoms with Crippen molar-refractivity contribution in [3.8, 4) is 0 Å². The third-order valence-electron chi connectivity index (χ3n) is 4.89. The van der Waals surface area contributed by atoms with Gasteiger partial charge in [-0.15, -0.1) is 23.2 Å². The van der Waals surface area contributed by atoms with Crippen molar-refractivity contribution in [2.24, 2.45) is 5.92 Å². The number of halogens is 3. The van der Waals surface area contributed by atoms with Crippen LogP contribution in [0.1, 0.15) is 55.4 Å². The van der Waals surface area contributed by atoms with Crippen LogP contribution in [0.3, 0.4) is 0 Å². The van der Waals surface area contributed by atoms with Crippen molar-refractivity contribution in [1.82, 2.24) is 15.8 Å². The van der Waals surface area contributed by atoms with Gasteiger partial charge in [-0.2, -0.15) is 4.90 Å². The number of alkyl halides is 3. The maximum absolute atomic E-state index is 13.9. The Balaban J connectivity index is 2.56. The minimum atomic E-state index is -1.42. The molecule has 0 aromatic carbocycles. The monoisotopic (exact) mass is 553 g/mol. The lowest BCUT2D eigenvalue weighted by atomic mass is 9.78. The third-order valence-corrected chi connectivity index (χ3v) is 5.96. The summed E-state index contributed by atoms with van der Waals surface area (Å²) in [6.45, 7) is 13.1. The molecule has 2 N–H and O–H groups in total. The maximum atomic E-state index is 13.9.